The van der Waals surface area contributed by atoms with E-state index in [0.717, 1.165) is 18.2 Å². The summed E-state index contributed by atoms with van der Waals surface area (Å²) in [6, 6.07) is 3.20. The molecule has 102 valence electrons. The Bertz CT molecular complexity index is 492. The molecule has 6 heteroatoms. The van der Waals surface area contributed by atoms with Crippen LogP contribution in [-0.2, 0) is 4.79 Å². The Morgan fingerprint density at radius 1 is 1.11 bits per heavy atom. The summed E-state index contributed by atoms with van der Waals surface area (Å²) in [4.78, 5) is 33.2. The van der Waals surface area contributed by atoms with Crippen LogP contribution in [0.25, 0.3) is 0 Å². The standard InChI is InChI=1S/C13H15NO5/c1-3-7(2)11(15)14-10-5-8(12(16)17)4-9(6-10)13(18)19/h4-7H,3H2,1-2H3,(H,14,15)(H,16,17)(H,18,19)/p-2/t7-/m1/s1. The van der Waals surface area contributed by atoms with Crippen molar-refractivity contribution in [2.24, 2.45) is 5.92 Å². The van der Waals surface area contributed by atoms with Crippen LogP contribution in [0.4, 0.5) is 5.69 Å². The van der Waals surface area contributed by atoms with Gasteiger partial charge in [-0.25, -0.2) is 0 Å². The average molecular weight is 263 g/mol. The Kier molecular flexibility index (Phi) is 4.63. The number of rotatable bonds is 5. The normalized spacial score (nSPS) is 11.7. The summed E-state index contributed by atoms with van der Waals surface area (Å²) in [5.41, 5.74) is -0.575. The highest BCUT2D eigenvalue weighted by molar-refractivity contribution is 5.98. The summed E-state index contributed by atoms with van der Waals surface area (Å²) in [6.07, 6.45) is 0.610. The van der Waals surface area contributed by atoms with Crippen molar-refractivity contribution in [1.29, 1.82) is 0 Å². The van der Waals surface area contributed by atoms with Crippen LogP contribution in [0.1, 0.15) is 41.0 Å². The fourth-order valence-electron chi connectivity index (χ4n) is 1.39. The summed E-state index contributed by atoms with van der Waals surface area (Å²) in [5.74, 6) is -3.63. The highest BCUT2D eigenvalue weighted by Gasteiger charge is 2.11. The van der Waals surface area contributed by atoms with Gasteiger partial charge in [0.2, 0.25) is 5.91 Å². The monoisotopic (exact) mass is 263 g/mol. The lowest BCUT2D eigenvalue weighted by Crippen LogP contribution is -2.27. The molecule has 1 aromatic rings. The molecule has 0 heterocycles. The van der Waals surface area contributed by atoms with Gasteiger partial charge in [0.15, 0.2) is 0 Å². The van der Waals surface area contributed by atoms with E-state index in [0.29, 0.717) is 6.42 Å². The van der Waals surface area contributed by atoms with E-state index in [2.05, 4.69) is 5.32 Å². The number of hydrogen-bond donors (Lipinski definition) is 1. The van der Waals surface area contributed by atoms with Crippen molar-refractivity contribution in [1.82, 2.24) is 0 Å². The van der Waals surface area contributed by atoms with E-state index >= 15 is 0 Å². The molecule has 0 aliphatic carbocycles. The number of carbonyl (C=O) groups is 3. The number of carboxylic acid groups (broad SMARTS) is 2. The third-order valence-corrected chi connectivity index (χ3v) is 2.73. The van der Waals surface area contributed by atoms with Gasteiger partial charge in [0.05, 0.1) is 11.9 Å². The third-order valence-electron chi connectivity index (χ3n) is 2.73. The van der Waals surface area contributed by atoms with Gasteiger partial charge in [0.1, 0.15) is 0 Å². The smallest absolute Gasteiger partial charge is 0.227 e. The zero-order chi connectivity index (χ0) is 14.6. The van der Waals surface area contributed by atoms with Crippen molar-refractivity contribution in [2.75, 3.05) is 5.32 Å². The molecule has 0 radical (unpaired) electrons. The topological polar surface area (TPSA) is 109 Å². The van der Waals surface area contributed by atoms with Crippen LogP contribution < -0.4 is 15.5 Å². The number of carboxylic acids is 2. The highest BCUT2D eigenvalue weighted by Crippen LogP contribution is 2.16. The Morgan fingerprint density at radius 2 is 1.58 bits per heavy atom. The lowest BCUT2D eigenvalue weighted by molar-refractivity contribution is -0.255. The largest absolute Gasteiger partial charge is 0.545 e. The number of hydrogen-bond acceptors (Lipinski definition) is 5. The highest BCUT2D eigenvalue weighted by atomic mass is 16.4. The van der Waals surface area contributed by atoms with Gasteiger partial charge in [-0.05, 0) is 35.7 Å². The molecule has 1 atom stereocenters. The van der Waals surface area contributed by atoms with E-state index < -0.39 is 11.9 Å². The Hall–Kier alpha value is -2.37. The minimum Gasteiger partial charge on any atom is -0.545 e. The van der Waals surface area contributed by atoms with Crippen molar-refractivity contribution in [3.8, 4) is 0 Å². The van der Waals surface area contributed by atoms with Gasteiger partial charge in [-0.2, -0.15) is 0 Å². The van der Waals surface area contributed by atoms with Crippen molar-refractivity contribution < 1.29 is 24.6 Å². The molecule has 0 aliphatic rings. The first-order valence-corrected chi connectivity index (χ1v) is 5.73. The van der Waals surface area contributed by atoms with E-state index in [9.17, 15) is 24.6 Å². The van der Waals surface area contributed by atoms with E-state index in [1.807, 2.05) is 6.92 Å². The van der Waals surface area contributed by atoms with E-state index in [1.165, 1.54) is 0 Å². The van der Waals surface area contributed by atoms with E-state index in [-0.39, 0.29) is 28.6 Å². The number of anilines is 1. The second kappa shape index (κ2) is 5.99. The first-order chi connectivity index (χ1) is 8.85. The molecule has 0 aliphatic heterocycles. The molecule has 1 aromatic carbocycles. The number of carbonyl (C=O) groups excluding carboxylic acids is 3. The number of benzene rings is 1. The Balaban J connectivity index is 3.10. The van der Waals surface area contributed by atoms with Crippen LogP contribution in [0, 0.1) is 5.92 Å². The Morgan fingerprint density at radius 3 is 1.95 bits per heavy atom. The zero-order valence-electron chi connectivity index (χ0n) is 10.6. The van der Waals surface area contributed by atoms with Gasteiger partial charge in [-0.1, -0.05) is 13.8 Å². The molecule has 0 spiro atoms. The molecule has 1 N–H and O–H groups in total. The second-order valence-corrected chi connectivity index (χ2v) is 4.17. The third kappa shape index (κ3) is 3.80. The van der Waals surface area contributed by atoms with Crippen LogP contribution >= 0.6 is 0 Å². The first-order valence-electron chi connectivity index (χ1n) is 5.73. The maximum atomic E-state index is 11.7. The number of amides is 1. The Labute approximate surface area is 110 Å². The van der Waals surface area contributed by atoms with Crippen molar-refractivity contribution in [2.45, 2.75) is 20.3 Å². The summed E-state index contributed by atoms with van der Waals surface area (Å²) in [6.45, 7) is 3.53. The van der Waals surface area contributed by atoms with Gasteiger partial charge >= 0.3 is 0 Å². The van der Waals surface area contributed by atoms with E-state index in [1.54, 1.807) is 6.92 Å². The van der Waals surface area contributed by atoms with Crippen LogP contribution in [-0.4, -0.2) is 17.8 Å². The van der Waals surface area contributed by atoms with Gasteiger partial charge in [-0.15, -0.1) is 0 Å². The van der Waals surface area contributed by atoms with Crippen LogP contribution in [0.2, 0.25) is 0 Å². The maximum absolute atomic E-state index is 11.7. The van der Waals surface area contributed by atoms with Gasteiger partial charge in [0, 0.05) is 11.6 Å². The first kappa shape index (κ1) is 14.7. The fraction of sp³-hybridized carbons (Fsp3) is 0.308. The van der Waals surface area contributed by atoms with Gasteiger partial charge < -0.3 is 25.1 Å². The summed E-state index contributed by atoms with van der Waals surface area (Å²) >= 11 is 0. The molecule has 0 aromatic heterocycles. The molecule has 0 saturated heterocycles. The maximum Gasteiger partial charge on any atom is 0.227 e. The number of nitrogens with one attached hydrogen (secondary N) is 1. The van der Waals surface area contributed by atoms with Crippen molar-refractivity contribution >= 4 is 23.5 Å². The minimum absolute atomic E-state index is 0.0891. The summed E-state index contributed by atoms with van der Waals surface area (Å²) in [7, 11) is 0. The quantitative estimate of drug-likeness (QED) is 0.762. The molecule has 0 bridgehead atoms. The van der Waals surface area contributed by atoms with Crippen LogP contribution in [0.5, 0.6) is 0 Å². The molecular formula is C13H13NO5-2. The van der Waals surface area contributed by atoms with Gasteiger partial charge in [0.25, 0.3) is 0 Å². The molecule has 0 unspecified atom stereocenters. The van der Waals surface area contributed by atoms with Crippen molar-refractivity contribution in [3.05, 3.63) is 29.3 Å². The minimum atomic E-state index is -1.53. The molecule has 0 saturated carbocycles. The summed E-state index contributed by atoms with van der Waals surface area (Å²) in [5, 5.41) is 24.0. The predicted octanol–water partition coefficient (Wildman–Crippen LogP) is -0.602. The molecule has 1 amide bonds. The fourth-order valence-corrected chi connectivity index (χ4v) is 1.39. The molecule has 1 rings (SSSR count). The number of aromatic carboxylic acids is 2. The average Bonchev–Trinajstić information content (AvgIpc) is 2.37. The van der Waals surface area contributed by atoms with E-state index in [4.69, 9.17) is 0 Å². The SMILES string of the molecule is CC[C@@H](C)C(=O)Nc1cc(C(=O)[O-])cc(C(=O)[O-])c1. The summed E-state index contributed by atoms with van der Waals surface area (Å²) < 4.78 is 0. The molecular weight excluding hydrogens is 250 g/mol. The van der Waals surface area contributed by atoms with Gasteiger partial charge in [-0.3, -0.25) is 4.79 Å². The predicted molar refractivity (Wildman–Crippen MR) is 63.2 cm³/mol. The zero-order valence-corrected chi connectivity index (χ0v) is 10.6. The molecule has 19 heavy (non-hydrogen) atoms. The second-order valence-electron chi connectivity index (χ2n) is 4.17. The molecule has 6 nitrogen and oxygen atoms in total. The van der Waals surface area contributed by atoms with Crippen LogP contribution in [0.15, 0.2) is 18.2 Å². The lowest BCUT2D eigenvalue weighted by Gasteiger charge is -2.14. The van der Waals surface area contributed by atoms with Crippen molar-refractivity contribution in [3.63, 3.8) is 0 Å². The van der Waals surface area contributed by atoms with Crippen LogP contribution in [0.3, 0.4) is 0 Å². The molecule has 0 fully saturated rings. The lowest BCUT2D eigenvalue weighted by atomic mass is 10.1.